The number of rotatable bonds is 7. The molecular formula is C29H21Cl2NO4S. The zero-order valence-electron chi connectivity index (χ0n) is 19.7. The molecule has 0 N–H and O–H groups in total. The van der Waals surface area contributed by atoms with Gasteiger partial charge in [-0.25, -0.2) is 0 Å². The third kappa shape index (κ3) is 5.47. The second kappa shape index (κ2) is 10.9. The zero-order valence-corrected chi connectivity index (χ0v) is 22.1. The number of methoxy groups -OCH3 is 1. The summed E-state index contributed by atoms with van der Waals surface area (Å²) in [6.45, 7) is 0.494. The molecule has 5 rings (SSSR count). The third-order valence-corrected chi connectivity index (χ3v) is 7.59. The molecule has 0 aliphatic carbocycles. The van der Waals surface area contributed by atoms with Crippen molar-refractivity contribution < 1.29 is 19.1 Å². The number of fused-ring (bicyclic) bond motifs is 1. The summed E-state index contributed by atoms with van der Waals surface area (Å²) in [4.78, 5) is 27.0. The number of nitrogens with zero attached hydrogens (tertiary/aromatic N) is 1. The third-order valence-electron chi connectivity index (χ3n) is 5.95. The van der Waals surface area contributed by atoms with E-state index in [2.05, 4.69) is 18.2 Å². The number of imide groups is 1. The molecule has 0 spiro atoms. The Balaban J connectivity index is 1.32. The van der Waals surface area contributed by atoms with Crippen LogP contribution in [0, 0.1) is 0 Å². The van der Waals surface area contributed by atoms with Gasteiger partial charge in [-0.05, 0) is 69.6 Å². The maximum absolute atomic E-state index is 13.0. The topological polar surface area (TPSA) is 55.8 Å². The van der Waals surface area contributed by atoms with Crippen LogP contribution in [-0.4, -0.2) is 23.2 Å². The van der Waals surface area contributed by atoms with E-state index in [0.717, 1.165) is 33.7 Å². The first-order valence-corrected chi connectivity index (χ1v) is 13.0. The zero-order chi connectivity index (χ0) is 25.9. The lowest BCUT2D eigenvalue weighted by atomic mass is 10.1. The van der Waals surface area contributed by atoms with Crippen LogP contribution in [0.5, 0.6) is 11.5 Å². The van der Waals surface area contributed by atoms with E-state index in [-0.39, 0.29) is 17.7 Å². The maximum Gasteiger partial charge on any atom is 0.293 e. The van der Waals surface area contributed by atoms with Crippen molar-refractivity contribution in [1.82, 2.24) is 4.90 Å². The summed E-state index contributed by atoms with van der Waals surface area (Å²) >= 11 is 12.9. The molecule has 1 fully saturated rings. The molecule has 4 aromatic carbocycles. The van der Waals surface area contributed by atoms with Crippen LogP contribution < -0.4 is 9.47 Å². The Kier molecular flexibility index (Phi) is 7.42. The fraction of sp³-hybridized carbons (Fsp3) is 0.103. The van der Waals surface area contributed by atoms with Gasteiger partial charge in [0, 0.05) is 0 Å². The first-order valence-electron chi connectivity index (χ1n) is 11.4. The Bertz CT molecular complexity index is 1550. The summed E-state index contributed by atoms with van der Waals surface area (Å²) in [5, 5.41) is 2.73. The molecule has 8 heteroatoms. The molecule has 4 aromatic rings. The standard InChI is InChI=1S/C29H21Cl2NO4S/c1-35-26-14-18(10-12-25(26)36-17-21-7-4-6-20-5-2-3-8-22(20)21)15-27-28(33)32(29(34)37-27)16-19-9-11-23(30)24(31)13-19/h2-15H,16-17H2,1H3/b27-15+. The molecule has 1 heterocycles. The monoisotopic (exact) mass is 549 g/mol. The average molecular weight is 550 g/mol. The van der Waals surface area contributed by atoms with Gasteiger partial charge in [0.1, 0.15) is 6.61 Å². The second-order valence-corrected chi connectivity index (χ2v) is 10.2. The van der Waals surface area contributed by atoms with Gasteiger partial charge in [0.15, 0.2) is 11.5 Å². The van der Waals surface area contributed by atoms with E-state index in [4.69, 9.17) is 32.7 Å². The van der Waals surface area contributed by atoms with E-state index < -0.39 is 0 Å². The van der Waals surface area contributed by atoms with E-state index in [0.29, 0.717) is 38.6 Å². The van der Waals surface area contributed by atoms with E-state index in [1.165, 1.54) is 4.90 Å². The van der Waals surface area contributed by atoms with E-state index >= 15 is 0 Å². The van der Waals surface area contributed by atoms with Gasteiger partial charge in [-0.3, -0.25) is 14.5 Å². The van der Waals surface area contributed by atoms with Crippen molar-refractivity contribution in [1.29, 1.82) is 0 Å². The van der Waals surface area contributed by atoms with Crippen LogP contribution in [0.15, 0.2) is 83.8 Å². The van der Waals surface area contributed by atoms with Gasteiger partial charge in [-0.1, -0.05) is 77.8 Å². The number of amides is 2. The number of benzene rings is 4. The van der Waals surface area contributed by atoms with Crippen molar-refractivity contribution in [3.05, 3.63) is 111 Å². The molecule has 0 saturated carbocycles. The summed E-state index contributed by atoms with van der Waals surface area (Å²) in [6.07, 6.45) is 1.68. The summed E-state index contributed by atoms with van der Waals surface area (Å²) in [5.41, 5.74) is 2.50. The number of carbonyl (C=O) groups is 2. The molecule has 5 nitrogen and oxygen atoms in total. The van der Waals surface area contributed by atoms with Gasteiger partial charge in [0.2, 0.25) is 0 Å². The normalized spacial score (nSPS) is 14.6. The molecule has 0 bridgehead atoms. The van der Waals surface area contributed by atoms with E-state index in [1.54, 1.807) is 43.5 Å². The van der Waals surface area contributed by atoms with E-state index in [1.807, 2.05) is 30.3 Å². The van der Waals surface area contributed by atoms with Gasteiger partial charge >= 0.3 is 0 Å². The molecule has 2 amide bonds. The van der Waals surface area contributed by atoms with Crippen molar-refractivity contribution >= 4 is 63.0 Å². The van der Waals surface area contributed by atoms with Crippen molar-refractivity contribution in [2.45, 2.75) is 13.2 Å². The summed E-state index contributed by atoms with van der Waals surface area (Å²) in [5.74, 6) is 0.751. The molecule has 0 aromatic heterocycles. The first-order chi connectivity index (χ1) is 17.9. The van der Waals surface area contributed by atoms with Crippen molar-refractivity contribution in [3.8, 4) is 11.5 Å². The Morgan fingerprint density at radius 3 is 2.51 bits per heavy atom. The van der Waals surface area contributed by atoms with Gasteiger partial charge in [-0.2, -0.15) is 0 Å². The van der Waals surface area contributed by atoms with Crippen molar-refractivity contribution in [2.24, 2.45) is 0 Å². The van der Waals surface area contributed by atoms with Crippen molar-refractivity contribution in [3.63, 3.8) is 0 Å². The molecule has 37 heavy (non-hydrogen) atoms. The Hall–Kier alpha value is -3.45. The number of thioether (sulfide) groups is 1. The van der Waals surface area contributed by atoms with Crippen LogP contribution in [0.2, 0.25) is 10.0 Å². The van der Waals surface area contributed by atoms with Crippen LogP contribution >= 0.6 is 35.0 Å². The summed E-state index contributed by atoms with van der Waals surface area (Å²) in [6, 6.07) is 24.7. The number of carbonyl (C=O) groups excluding carboxylic acids is 2. The minimum Gasteiger partial charge on any atom is -0.493 e. The summed E-state index contributed by atoms with van der Waals surface area (Å²) in [7, 11) is 1.56. The van der Waals surface area contributed by atoms with Gasteiger partial charge in [-0.15, -0.1) is 0 Å². The maximum atomic E-state index is 13.0. The lowest BCUT2D eigenvalue weighted by Gasteiger charge is -2.13. The van der Waals surface area contributed by atoms with E-state index in [9.17, 15) is 9.59 Å². The molecule has 0 unspecified atom stereocenters. The Morgan fingerprint density at radius 1 is 0.892 bits per heavy atom. The van der Waals surface area contributed by atoms with Crippen LogP contribution in [0.3, 0.4) is 0 Å². The fourth-order valence-corrected chi connectivity index (χ4v) is 5.23. The van der Waals surface area contributed by atoms with Gasteiger partial charge in [0.25, 0.3) is 11.1 Å². The molecule has 186 valence electrons. The van der Waals surface area contributed by atoms with Crippen molar-refractivity contribution in [2.75, 3.05) is 7.11 Å². The highest BCUT2D eigenvalue weighted by atomic mass is 35.5. The van der Waals surface area contributed by atoms with Crippen LogP contribution in [-0.2, 0) is 17.9 Å². The number of hydrogen-bond acceptors (Lipinski definition) is 5. The van der Waals surface area contributed by atoms with Gasteiger partial charge in [0.05, 0.1) is 28.6 Å². The molecule has 1 aliphatic rings. The van der Waals surface area contributed by atoms with Crippen LogP contribution in [0.1, 0.15) is 16.7 Å². The smallest absolute Gasteiger partial charge is 0.293 e. The molecular weight excluding hydrogens is 529 g/mol. The number of ether oxygens (including phenoxy) is 2. The highest BCUT2D eigenvalue weighted by Gasteiger charge is 2.35. The second-order valence-electron chi connectivity index (χ2n) is 8.35. The quantitative estimate of drug-likeness (QED) is 0.219. The van der Waals surface area contributed by atoms with Crippen LogP contribution in [0.25, 0.3) is 16.8 Å². The lowest BCUT2D eigenvalue weighted by Crippen LogP contribution is -2.27. The summed E-state index contributed by atoms with van der Waals surface area (Å²) < 4.78 is 11.6. The molecule has 0 atom stereocenters. The molecule has 1 aliphatic heterocycles. The predicted octanol–water partition coefficient (Wildman–Crippen LogP) is 7.97. The largest absolute Gasteiger partial charge is 0.493 e. The molecule has 0 radical (unpaired) electrons. The Labute approximate surface area is 228 Å². The fourth-order valence-electron chi connectivity index (χ4n) is 4.08. The molecule has 1 saturated heterocycles. The average Bonchev–Trinajstić information content (AvgIpc) is 3.17. The highest BCUT2D eigenvalue weighted by Crippen LogP contribution is 2.36. The Morgan fingerprint density at radius 2 is 1.70 bits per heavy atom. The minimum absolute atomic E-state index is 0.114. The first kappa shape index (κ1) is 25.2. The number of hydrogen-bond donors (Lipinski definition) is 0. The highest BCUT2D eigenvalue weighted by molar-refractivity contribution is 8.18. The SMILES string of the molecule is COc1cc(/C=C2/SC(=O)N(Cc3ccc(Cl)c(Cl)c3)C2=O)ccc1OCc1cccc2ccccc12. The van der Waals surface area contributed by atoms with Gasteiger partial charge < -0.3 is 9.47 Å². The number of halogens is 2. The van der Waals surface area contributed by atoms with Crippen LogP contribution in [0.4, 0.5) is 4.79 Å². The lowest BCUT2D eigenvalue weighted by molar-refractivity contribution is -0.123. The minimum atomic E-state index is -0.365. The predicted molar refractivity (Wildman–Crippen MR) is 149 cm³/mol.